The molecule has 2 N–H and O–H groups in total. The lowest BCUT2D eigenvalue weighted by Gasteiger charge is -2.33. The van der Waals surface area contributed by atoms with Crippen molar-refractivity contribution in [3.8, 4) is 5.75 Å². The fourth-order valence-electron chi connectivity index (χ4n) is 6.31. The third-order valence-electron chi connectivity index (χ3n) is 7.88. The van der Waals surface area contributed by atoms with Crippen molar-refractivity contribution >= 4 is 23.5 Å². The lowest BCUT2D eigenvalue weighted by atomic mass is 9.65. The number of unbranched alkanes of at least 4 members (excludes halogenated alkanes) is 2. The number of aliphatic hydroxyl groups excluding tert-OH is 1. The van der Waals surface area contributed by atoms with Crippen LogP contribution in [0.4, 0.5) is 5.69 Å². The predicted octanol–water partition coefficient (Wildman–Crippen LogP) is 2.51. The van der Waals surface area contributed by atoms with Gasteiger partial charge in [0, 0.05) is 18.8 Å². The van der Waals surface area contributed by atoms with Crippen LogP contribution in [0.2, 0.25) is 0 Å². The van der Waals surface area contributed by atoms with E-state index in [0.29, 0.717) is 50.1 Å². The van der Waals surface area contributed by atoms with Crippen molar-refractivity contribution in [1.82, 2.24) is 4.90 Å². The predicted molar refractivity (Wildman–Crippen MR) is 128 cm³/mol. The summed E-state index contributed by atoms with van der Waals surface area (Å²) in [6, 6.07) is 6.14. The first-order valence-corrected chi connectivity index (χ1v) is 12.6. The Kier molecular flexibility index (Phi) is 7.38. The summed E-state index contributed by atoms with van der Waals surface area (Å²) < 4.78 is 17.2. The van der Waals surface area contributed by atoms with E-state index < -0.39 is 35.0 Å². The zero-order chi connectivity index (χ0) is 25.2. The van der Waals surface area contributed by atoms with Crippen LogP contribution >= 0.6 is 0 Å². The maximum atomic E-state index is 13.9. The number of esters is 1. The molecule has 1 spiro atoms. The number of hydrogen-bond donors (Lipinski definition) is 2. The molecule has 9 heteroatoms. The van der Waals surface area contributed by atoms with Crippen molar-refractivity contribution in [2.75, 3.05) is 32.2 Å². The first-order chi connectivity index (χ1) is 16.9. The van der Waals surface area contributed by atoms with E-state index in [4.69, 9.17) is 19.3 Å². The minimum Gasteiger partial charge on any atom is -0.497 e. The molecule has 2 unspecified atom stereocenters. The van der Waals surface area contributed by atoms with Crippen LogP contribution in [0.1, 0.15) is 52.4 Å². The van der Waals surface area contributed by atoms with E-state index in [0.717, 1.165) is 6.42 Å². The molecule has 3 fully saturated rings. The van der Waals surface area contributed by atoms with Crippen LogP contribution in [0.3, 0.4) is 0 Å². The van der Waals surface area contributed by atoms with Crippen molar-refractivity contribution in [2.24, 2.45) is 11.8 Å². The normalized spacial score (nSPS) is 30.9. The number of benzene rings is 1. The van der Waals surface area contributed by atoms with Crippen molar-refractivity contribution in [3.05, 3.63) is 24.3 Å². The number of hydrogen-bond acceptors (Lipinski definition) is 7. The molecule has 3 heterocycles. The van der Waals surface area contributed by atoms with Gasteiger partial charge in [-0.1, -0.05) is 6.92 Å². The van der Waals surface area contributed by atoms with Crippen LogP contribution < -0.4 is 10.1 Å². The zero-order valence-corrected chi connectivity index (χ0v) is 20.7. The van der Waals surface area contributed by atoms with Gasteiger partial charge >= 0.3 is 5.97 Å². The molecule has 3 saturated heterocycles. The summed E-state index contributed by atoms with van der Waals surface area (Å²) in [4.78, 5) is 42.3. The van der Waals surface area contributed by atoms with E-state index in [1.807, 2.05) is 6.92 Å². The summed E-state index contributed by atoms with van der Waals surface area (Å²) in [5.74, 6) is -1.79. The lowest BCUT2D eigenvalue weighted by molar-refractivity contribution is -0.160. The maximum Gasteiger partial charge on any atom is 0.312 e. The SMILES string of the molecule is CCOC(=O)[C@H]1[C@H]2C(=O)N(CCCCCO)C(C(=O)Nc3ccc(OC)cc3)C23CC[C@]1(CC)O3. The number of nitrogens with one attached hydrogen (secondary N) is 1. The fourth-order valence-corrected chi connectivity index (χ4v) is 6.31. The number of amides is 2. The maximum absolute atomic E-state index is 13.9. The van der Waals surface area contributed by atoms with Crippen molar-refractivity contribution in [1.29, 1.82) is 0 Å². The van der Waals surface area contributed by atoms with Gasteiger partial charge in [-0.2, -0.15) is 0 Å². The van der Waals surface area contributed by atoms with Crippen LogP contribution in [0.25, 0.3) is 0 Å². The molecule has 0 radical (unpaired) electrons. The Bertz CT molecular complexity index is 952. The second kappa shape index (κ2) is 10.1. The highest BCUT2D eigenvalue weighted by molar-refractivity contribution is 6.03. The molecule has 9 nitrogen and oxygen atoms in total. The molecule has 35 heavy (non-hydrogen) atoms. The standard InChI is InChI=1S/C26H36N2O7/c1-4-25-13-14-26(35-25)19(20(25)24(32)34-5-2)23(31)28(15-7-6-8-16-29)21(26)22(30)27-17-9-11-18(33-3)12-10-17/h9-12,19-21,29H,4-8,13-16H2,1-3H3,(H,27,30)/t19-,20+,21?,25-,26?/m0/s1. The Labute approximate surface area is 206 Å². The third kappa shape index (κ3) is 4.18. The third-order valence-corrected chi connectivity index (χ3v) is 7.88. The quantitative estimate of drug-likeness (QED) is 0.363. The van der Waals surface area contributed by atoms with Gasteiger partial charge in [0.05, 0.1) is 25.2 Å². The molecule has 3 aliphatic heterocycles. The molecule has 3 aliphatic rings. The molecule has 1 aromatic carbocycles. The summed E-state index contributed by atoms with van der Waals surface area (Å²) in [6.45, 7) is 4.35. The van der Waals surface area contributed by atoms with Crippen LogP contribution in [0, 0.1) is 11.8 Å². The number of ether oxygens (including phenoxy) is 3. The number of carbonyl (C=O) groups is 3. The van der Waals surface area contributed by atoms with Gasteiger partial charge in [-0.15, -0.1) is 0 Å². The van der Waals surface area contributed by atoms with Crippen molar-refractivity contribution in [3.63, 3.8) is 0 Å². The minimum absolute atomic E-state index is 0.0783. The van der Waals surface area contributed by atoms with Crippen LogP contribution in [-0.2, 0) is 23.9 Å². The molecule has 4 rings (SSSR count). The highest BCUT2D eigenvalue weighted by Crippen LogP contribution is 2.64. The average molecular weight is 489 g/mol. The average Bonchev–Trinajstić information content (AvgIpc) is 3.46. The second-order valence-electron chi connectivity index (χ2n) is 9.62. The fraction of sp³-hybridized carbons (Fsp3) is 0.654. The van der Waals surface area contributed by atoms with E-state index in [2.05, 4.69) is 5.32 Å². The van der Waals surface area contributed by atoms with Crippen molar-refractivity contribution < 1.29 is 33.7 Å². The Balaban J connectivity index is 1.68. The van der Waals surface area contributed by atoms with E-state index in [9.17, 15) is 14.4 Å². The summed E-state index contributed by atoms with van der Waals surface area (Å²) in [5.41, 5.74) is -1.28. The summed E-state index contributed by atoms with van der Waals surface area (Å²) >= 11 is 0. The summed E-state index contributed by atoms with van der Waals surface area (Å²) in [5, 5.41) is 12.1. The number of aliphatic hydroxyl groups is 1. The van der Waals surface area contributed by atoms with Gasteiger partial charge in [0.25, 0.3) is 0 Å². The highest BCUT2D eigenvalue weighted by Gasteiger charge is 2.78. The van der Waals surface area contributed by atoms with Gasteiger partial charge in [-0.3, -0.25) is 14.4 Å². The monoisotopic (exact) mass is 488 g/mol. The number of anilines is 1. The molecule has 2 amide bonds. The van der Waals surface area contributed by atoms with Gasteiger partial charge in [-0.25, -0.2) is 0 Å². The largest absolute Gasteiger partial charge is 0.497 e. The molecule has 0 aliphatic carbocycles. The van der Waals surface area contributed by atoms with Gasteiger partial charge in [-0.05, 0) is 69.7 Å². The summed E-state index contributed by atoms with van der Waals surface area (Å²) in [7, 11) is 1.57. The second-order valence-corrected chi connectivity index (χ2v) is 9.62. The number of rotatable bonds is 11. The first-order valence-electron chi connectivity index (χ1n) is 12.6. The van der Waals surface area contributed by atoms with E-state index in [1.165, 1.54) is 0 Å². The number of methoxy groups -OCH3 is 1. The molecular weight excluding hydrogens is 452 g/mol. The molecular formula is C26H36N2O7. The number of nitrogens with zero attached hydrogens (tertiary/aromatic N) is 1. The van der Waals surface area contributed by atoms with Crippen LogP contribution in [0.15, 0.2) is 24.3 Å². The first kappa shape index (κ1) is 25.4. The molecule has 192 valence electrons. The number of likely N-dealkylation sites (tertiary alicyclic amines) is 1. The molecule has 0 saturated carbocycles. The Hall–Kier alpha value is -2.65. The summed E-state index contributed by atoms with van der Waals surface area (Å²) in [6.07, 6.45) is 3.68. The molecule has 0 aromatic heterocycles. The van der Waals surface area contributed by atoms with Crippen LogP contribution in [-0.4, -0.2) is 71.9 Å². The lowest BCUT2D eigenvalue weighted by Crippen LogP contribution is -2.53. The van der Waals surface area contributed by atoms with Crippen molar-refractivity contribution in [2.45, 2.75) is 69.6 Å². The van der Waals surface area contributed by atoms with Gasteiger partial charge in [0.1, 0.15) is 23.3 Å². The Morgan fingerprint density at radius 3 is 2.54 bits per heavy atom. The number of fused-ring (bicyclic) bond motifs is 1. The van der Waals surface area contributed by atoms with Crippen LogP contribution in [0.5, 0.6) is 5.75 Å². The molecule has 2 bridgehead atoms. The Morgan fingerprint density at radius 1 is 1.17 bits per heavy atom. The zero-order valence-electron chi connectivity index (χ0n) is 20.7. The van der Waals surface area contributed by atoms with Gasteiger partial charge in [0.2, 0.25) is 11.8 Å². The van der Waals surface area contributed by atoms with E-state index >= 15 is 0 Å². The molecule has 5 atom stereocenters. The van der Waals surface area contributed by atoms with Gasteiger partial charge < -0.3 is 29.5 Å². The van der Waals surface area contributed by atoms with E-state index in [-0.39, 0.29) is 25.0 Å². The Morgan fingerprint density at radius 2 is 1.91 bits per heavy atom. The topological polar surface area (TPSA) is 114 Å². The van der Waals surface area contributed by atoms with Gasteiger partial charge in [0.15, 0.2) is 0 Å². The minimum atomic E-state index is -1.07. The van der Waals surface area contributed by atoms with E-state index in [1.54, 1.807) is 43.2 Å². The molecule has 1 aromatic rings. The smallest absolute Gasteiger partial charge is 0.312 e. The highest BCUT2D eigenvalue weighted by atomic mass is 16.6. The number of carbonyl (C=O) groups excluding carboxylic acids is 3.